The van der Waals surface area contributed by atoms with Crippen molar-refractivity contribution in [2.24, 2.45) is 5.73 Å². The summed E-state index contributed by atoms with van der Waals surface area (Å²) in [6, 6.07) is 0. The van der Waals surface area contributed by atoms with Gasteiger partial charge in [0.25, 0.3) is 0 Å². The van der Waals surface area contributed by atoms with Crippen molar-refractivity contribution in [1.29, 1.82) is 0 Å². The number of likely N-dealkylation sites (tertiary alicyclic amines) is 1. The lowest BCUT2D eigenvalue weighted by atomic mass is 10.1. The molecule has 0 aromatic heterocycles. The van der Waals surface area contributed by atoms with Gasteiger partial charge in [0.2, 0.25) is 5.91 Å². The average Bonchev–Trinajstić information content (AvgIpc) is 2.40. The summed E-state index contributed by atoms with van der Waals surface area (Å²) in [6.07, 6.45) is 4.31. The first kappa shape index (κ1) is 19.0. The molecule has 1 amide bonds. The van der Waals surface area contributed by atoms with Crippen LogP contribution in [-0.4, -0.2) is 54.7 Å². The standard InChI is InChI=1S/C13H26N2O2S.ClH/c1-2-10-18-11-13(16)15-7-4-12(5-8-15)17-9-3-6-14;/h12H,2-11,14H2,1H3;1H. The van der Waals surface area contributed by atoms with Crippen LogP contribution in [0.1, 0.15) is 32.6 Å². The maximum Gasteiger partial charge on any atom is 0.232 e. The van der Waals surface area contributed by atoms with Gasteiger partial charge in [-0.3, -0.25) is 4.79 Å². The largest absolute Gasteiger partial charge is 0.378 e. The monoisotopic (exact) mass is 310 g/mol. The number of nitrogens with two attached hydrogens (primary N) is 1. The Kier molecular flexibility index (Phi) is 11.8. The van der Waals surface area contributed by atoms with Crippen LogP contribution in [0.25, 0.3) is 0 Å². The molecule has 0 aromatic carbocycles. The Balaban J connectivity index is 0.00000324. The molecule has 1 rings (SSSR count). The van der Waals surface area contributed by atoms with Crippen LogP contribution in [0.4, 0.5) is 0 Å². The van der Waals surface area contributed by atoms with Crippen molar-refractivity contribution in [3.63, 3.8) is 0 Å². The number of hydrogen-bond acceptors (Lipinski definition) is 4. The highest BCUT2D eigenvalue weighted by atomic mass is 35.5. The summed E-state index contributed by atoms with van der Waals surface area (Å²) in [6.45, 7) is 5.27. The first-order valence-electron chi connectivity index (χ1n) is 6.95. The SMILES string of the molecule is CCCSCC(=O)N1CCC(OCCCN)CC1.Cl. The van der Waals surface area contributed by atoms with E-state index in [0.717, 1.165) is 51.1 Å². The van der Waals surface area contributed by atoms with Gasteiger partial charge in [0.15, 0.2) is 0 Å². The smallest absolute Gasteiger partial charge is 0.232 e. The minimum Gasteiger partial charge on any atom is -0.378 e. The predicted octanol–water partition coefficient (Wildman–Crippen LogP) is 1.91. The fraction of sp³-hybridized carbons (Fsp3) is 0.923. The number of carbonyl (C=O) groups excluding carboxylic acids is 1. The van der Waals surface area contributed by atoms with Gasteiger partial charge in [-0.05, 0) is 38.0 Å². The van der Waals surface area contributed by atoms with Crippen LogP contribution < -0.4 is 5.73 Å². The van der Waals surface area contributed by atoms with E-state index >= 15 is 0 Å². The number of ether oxygens (including phenoxy) is 1. The highest BCUT2D eigenvalue weighted by molar-refractivity contribution is 7.99. The highest BCUT2D eigenvalue weighted by Crippen LogP contribution is 2.15. The van der Waals surface area contributed by atoms with Gasteiger partial charge < -0.3 is 15.4 Å². The van der Waals surface area contributed by atoms with E-state index in [1.807, 2.05) is 4.90 Å². The number of piperidine rings is 1. The zero-order valence-electron chi connectivity index (χ0n) is 11.8. The van der Waals surface area contributed by atoms with E-state index in [-0.39, 0.29) is 18.3 Å². The molecule has 0 aliphatic carbocycles. The van der Waals surface area contributed by atoms with E-state index in [1.54, 1.807) is 11.8 Å². The van der Waals surface area contributed by atoms with Crippen LogP contribution in [0, 0.1) is 0 Å². The molecular weight excluding hydrogens is 284 g/mol. The summed E-state index contributed by atoms with van der Waals surface area (Å²) in [7, 11) is 0. The number of rotatable bonds is 8. The summed E-state index contributed by atoms with van der Waals surface area (Å²) >= 11 is 1.74. The fourth-order valence-corrected chi connectivity index (χ4v) is 2.79. The Morgan fingerprint density at radius 1 is 1.42 bits per heavy atom. The maximum absolute atomic E-state index is 11.9. The molecule has 2 N–H and O–H groups in total. The van der Waals surface area contributed by atoms with Gasteiger partial charge in [-0.15, -0.1) is 12.4 Å². The lowest BCUT2D eigenvalue weighted by Crippen LogP contribution is -2.41. The van der Waals surface area contributed by atoms with Crippen LogP contribution >= 0.6 is 24.2 Å². The van der Waals surface area contributed by atoms with Crippen LogP contribution in [0.3, 0.4) is 0 Å². The number of carbonyl (C=O) groups is 1. The summed E-state index contributed by atoms with van der Waals surface area (Å²) in [5.74, 6) is 1.99. The first-order chi connectivity index (χ1) is 8.77. The van der Waals surface area contributed by atoms with Crippen molar-refractivity contribution in [3.8, 4) is 0 Å². The first-order valence-corrected chi connectivity index (χ1v) is 8.10. The van der Waals surface area contributed by atoms with Crippen LogP contribution in [0.5, 0.6) is 0 Å². The van der Waals surface area contributed by atoms with Crippen LogP contribution in [0.2, 0.25) is 0 Å². The number of halogens is 1. The number of hydrogen-bond donors (Lipinski definition) is 1. The second-order valence-corrected chi connectivity index (χ2v) is 5.75. The summed E-state index contributed by atoms with van der Waals surface area (Å²) in [5.41, 5.74) is 5.43. The third-order valence-electron chi connectivity index (χ3n) is 3.07. The zero-order valence-corrected chi connectivity index (χ0v) is 13.4. The summed E-state index contributed by atoms with van der Waals surface area (Å²) in [4.78, 5) is 13.9. The van der Waals surface area contributed by atoms with Crippen molar-refractivity contribution < 1.29 is 9.53 Å². The molecule has 19 heavy (non-hydrogen) atoms. The second-order valence-electron chi connectivity index (χ2n) is 4.65. The van der Waals surface area contributed by atoms with E-state index in [0.29, 0.717) is 18.4 Å². The molecule has 1 saturated heterocycles. The van der Waals surface area contributed by atoms with Gasteiger partial charge in [0.1, 0.15) is 0 Å². The van der Waals surface area contributed by atoms with E-state index in [2.05, 4.69) is 6.92 Å². The molecule has 1 aliphatic heterocycles. The molecule has 0 unspecified atom stereocenters. The van der Waals surface area contributed by atoms with E-state index in [1.165, 1.54) is 0 Å². The Morgan fingerprint density at radius 3 is 2.68 bits per heavy atom. The third kappa shape index (κ3) is 8.02. The molecule has 0 aromatic rings. The van der Waals surface area contributed by atoms with Crippen LogP contribution in [0.15, 0.2) is 0 Å². The predicted molar refractivity (Wildman–Crippen MR) is 84.1 cm³/mol. The van der Waals surface area contributed by atoms with E-state index in [9.17, 15) is 4.79 Å². The van der Waals surface area contributed by atoms with E-state index < -0.39 is 0 Å². The number of nitrogens with zero attached hydrogens (tertiary/aromatic N) is 1. The molecule has 0 spiro atoms. The van der Waals surface area contributed by atoms with Crippen molar-refractivity contribution in [2.45, 2.75) is 38.7 Å². The maximum atomic E-state index is 11.9. The van der Waals surface area contributed by atoms with Gasteiger partial charge in [-0.25, -0.2) is 0 Å². The third-order valence-corrected chi connectivity index (χ3v) is 4.22. The molecule has 1 heterocycles. The lowest BCUT2D eigenvalue weighted by Gasteiger charge is -2.32. The second kappa shape index (κ2) is 11.8. The topological polar surface area (TPSA) is 55.6 Å². The van der Waals surface area contributed by atoms with Gasteiger partial charge in [-0.2, -0.15) is 11.8 Å². The minimum absolute atomic E-state index is 0. The number of thioether (sulfide) groups is 1. The Hall–Kier alpha value is 0.0300. The molecule has 6 heteroatoms. The Labute approximate surface area is 127 Å². The molecule has 0 bridgehead atoms. The van der Waals surface area contributed by atoms with Gasteiger partial charge in [0.05, 0.1) is 11.9 Å². The van der Waals surface area contributed by atoms with Gasteiger partial charge in [0, 0.05) is 19.7 Å². The molecule has 0 atom stereocenters. The molecular formula is C13H27ClN2O2S. The molecule has 114 valence electrons. The summed E-state index contributed by atoms with van der Waals surface area (Å²) in [5, 5.41) is 0. The van der Waals surface area contributed by atoms with Crippen molar-refractivity contribution >= 4 is 30.1 Å². The summed E-state index contributed by atoms with van der Waals surface area (Å²) < 4.78 is 5.73. The quantitative estimate of drug-likeness (QED) is 0.696. The molecule has 1 fully saturated rings. The Bertz CT molecular complexity index is 237. The molecule has 4 nitrogen and oxygen atoms in total. The average molecular weight is 311 g/mol. The zero-order chi connectivity index (χ0) is 13.2. The molecule has 0 radical (unpaired) electrons. The van der Waals surface area contributed by atoms with Gasteiger partial charge >= 0.3 is 0 Å². The van der Waals surface area contributed by atoms with Gasteiger partial charge in [-0.1, -0.05) is 6.92 Å². The molecule has 1 aliphatic rings. The van der Waals surface area contributed by atoms with Crippen molar-refractivity contribution in [1.82, 2.24) is 4.90 Å². The Morgan fingerprint density at radius 2 is 2.11 bits per heavy atom. The number of amides is 1. The lowest BCUT2D eigenvalue weighted by molar-refractivity contribution is -0.130. The fourth-order valence-electron chi connectivity index (χ4n) is 2.00. The normalized spacial score (nSPS) is 16.2. The highest BCUT2D eigenvalue weighted by Gasteiger charge is 2.22. The van der Waals surface area contributed by atoms with E-state index in [4.69, 9.17) is 10.5 Å². The van der Waals surface area contributed by atoms with Crippen LogP contribution in [-0.2, 0) is 9.53 Å². The van der Waals surface area contributed by atoms with Crippen molar-refractivity contribution in [3.05, 3.63) is 0 Å². The minimum atomic E-state index is 0. The van der Waals surface area contributed by atoms with Crippen molar-refractivity contribution in [2.75, 3.05) is 37.7 Å². The molecule has 0 saturated carbocycles.